The van der Waals surface area contributed by atoms with E-state index in [1.54, 1.807) is 0 Å². The fourth-order valence-electron chi connectivity index (χ4n) is 3.75. The first-order valence-corrected chi connectivity index (χ1v) is 13.2. The number of hydrogen-bond donors (Lipinski definition) is 0. The first-order valence-electron chi connectivity index (χ1n) is 10.8. The van der Waals surface area contributed by atoms with E-state index in [1.165, 1.54) is 0 Å². The van der Waals surface area contributed by atoms with Crippen molar-refractivity contribution in [2.45, 2.75) is 91.6 Å². The van der Waals surface area contributed by atoms with Gasteiger partial charge in [-0.2, -0.15) is 0 Å². The fourth-order valence-corrected chi connectivity index (χ4v) is 5.32. The van der Waals surface area contributed by atoms with Gasteiger partial charge in [0.05, 0.1) is 22.3 Å². The molecule has 2 rings (SSSR count). The first-order chi connectivity index (χ1) is 14.2. The summed E-state index contributed by atoms with van der Waals surface area (Å²) in [6.45, 7) is 16.5. The summed E-state index contributed by atoms with van der Waals surface area (Å²) in [5.74, 6) is 1.47. The quantitative estimate of drug-likeness (QED) is 0.409. The van der Waals surface area contributed by atoms with Crippen LogP contribution in [0.5, 0.6) is 0 Å². The molecule has 176 valence electrons. The zero-order valence-corrected chi connectivity index (χ0v) is 26.1. The Bertz CT molecular complexity index is 759. The number of allylic oxidation sites excluding steroid dienone is 6. The summed E-state index contributed by atoms with van der Waals surface area (Å²) in [5, 5.41) is 1.43. The van der Waals surface area contributed by atoms with Gasteiger partial charge in [0.2, 0.25) is 0 Å². The molecule has 0 saturated carbocycles. The van der Waals surface area contributed by atoms with E-state index in [0.29, 0.717) is 43.9 Å². The van der Waals surface area contributed by atoms with Gasteiger partial charge in [-0.1, -0.05) is 49.2 Å². The molecular formula is C23H38Cl2O4Si2. The van der Waals surface area contributed by atoms with Gasteiger partial charge < -0.3 is 18.3 Å². The van der Waals surface area contributed by atoms with Gasteiger partial charge in [-0.25, -0.2) is 0 Å². The zero-order valence-electron chi connectivity index (χ0n) is 20.6. The Morgan fingerprint density at radius 2 is 1.06 bits per heavy atom. The zero-order chi connectivity index (χ0) is 23.8. The lowest BCUT2D eigenvalue weighted by atomic mass is 9.76. The minimum absolute atomic E-state index is 0.0418. The van der Waals surface area contributed by atoms with Crippen LogP contribution in [0.2, 0.25) is 0 Å². The number of hydrogen-bond acceptors (Lipinski definition) is 4. The molecule has 2 atom stereocenters. The highest BCUT2D eigenvalue weighted by Crippen LogP contribution is 2.51. The molecule has 0 spiro atoms. The van der Waals surface area contributed by atoms with Crippen molar-refractivity contribution in [3.05, 3.63) is 44.9 Å². The van der Waals surface area contributed by atoms with Crippen molar-refractivity contribution in [3.8, 4) is 0 Å². The molecule has 2 aliphatic rings. The second-order valence-electron chi connectivity index (χ2n) is 9.90. The topological polar surface area (TPSA) is 36.9 Å². The van der Waals surface area contributed by atoms with Crippen molar-refractivity contribution in [3.63, 3.8) is 0 Å². The van der Waals surface area contributed by atoms with Crippen LogP contribution in [-0.4, -0.2) is 44.4 Å². The summed E-state index contributed by atoms with van der Waals surface area (Å²) in [6, 6.07) is 0. The molecule has 0 saturated heterocycles. The van der Waals surface area contributed by atoms with Crippen molar-refractivity contribution < 1.29 is 18.3 Å². The van der Waals surface area contributed by atoms with E-state index in [4.69, 9.17) is 41.5 Å². The summed E-state index contributed by atoms with van der Waals surface area (Å²) >= 11 is 13.3. The molecule has 0 N–H and O–H groups in total. The van der Waals surface area contributed by atoms with Crippen LogP contribution in [0.3, 0.4) is 0 Å². The normalized spacial score (nSPS) is 20.3. The molecule has 4 nitrogen and oxygen atoms in total. The molecule has 8 heteroatoms. The largest absolute Gasteiger partial charge is 0.484 e. The molecule has 0 heterocycles. The molecule has 0 aliphatic heterocycles. The highest BCUT2D eigenvalue weighted by Gasteiger charge is 2.43. The molecule has 31 heavy (non-hydrogen) atoms. The van der Waals surface area contributed by atoms with Crippen LogP contribution in [0, 0.1) is 5.41 Å². The molecule has 0 fully saturated rings. The van der Waals surface area contributed by atoms with Crippen LogP contribution in [0.1, 0.15) is 68.2 Å². The Labute approximate surface area is 204 Å². The Kier molecular flexibility index (Phi) is 8.43. The molecule has 2 unspecified atom stereocenters. The van der Waals surface area contributed by atoms with Gasteiger partial charge in [-0.05, 0) is 41.5 Å². The van der Waals surface area contributed by atoms with E-state index in [-0.39, 0.29) is 12.2 Å². The van der Waals surface area contributed by atoms with Crippen molar-refractivity contribution in [2.24, 2.45) is 5.41 Å². The Balaban J connectivity index is 2.37. The minimum Gasteiger partial charge on any atom is -0.484 e. The van der Waals surface area contributed by atoms with Gasteiger partial charge in [0.25, 0.3) is 0 Å². The van der Waals surface area contributed by atoms with Gasteiger partial charge in [0.15, 0.2) is 0 Å². The lowest BCUT2D eigenvalue weighted by Gasteiger charge is -2.39. The van der Waals surface area contributed by atoms with Crippen molar-refractivity contribution >= 4 is 44.2 Å². The first kappa shape index (κ1) is 26.7. The third-order valence-electron chi connectivity index (χ3n) is 6.69. The average molecular weight is 506 g/mol. The van der Waals surface area contributed by atoms with E-state index in [9.17, 15) is 0 Å². The van der Waals surface area contributed by atoms with Crippen LogP contribution >= 0.6 is 23.2 Å². The molecule has 0 radical (unpaired) electrons. The lowest BCUT2D eigenvalue weighted by Crippen LogP contribution is -2.40. The van der Waals surface area contributed by atoms with Gasteiger partial charge in [-0.15, -0.1) is 0 Å². The van der Waals surface area contributed by atoms with Crippen LogP contribution < -0.4 is 0 Å². The number of halogens is 2. The van der Waals surface area contributed by atoms with E-state index < -0.39 is 16.6 Å². The van der Waals surface area contributed by atoms with Crippen molar-refractivity contribution in [2.75, 3.05) is 0 Å². The van der Waals surface area contributed by atoms with Crippen molar-refractivity contribution in [1.82, 2.24) is 0 Å². The third-order valence-corrected chi connectivity index (χ3v) is 8.76. The van der Waals surface area contributed by atoms with E-state index in [1.807, 2.05) is 41.5 Å². The Hall–Kier alpha value is -0.506. The molecule has 2 aliphatic carbocycles. The number of ether oxygens (including phenoxy) is 2. The highest BCUT2D eigenvalue weighted by atomic mass is 35.5. The van der Waals surface area contributed by atoms with Crippen LogP contribution in [0.25, 0.3) is 0 Å². The fraction of sp³-hybridized carbons (Fsp3) is 0.652. The van der Waals surface area contributed by atoms with E-state index in [0.717, 1.165) is 22.7 Å². The maximum absolute atomic E-state index is 6.64. The molecule has 0 aromatic heterocycles. The average Bonchev–Trinajstić information content (AvgIpc) is 3.23. The van der Waals surface area contributed by atoms with Crippen molar-refractivity contribution in [1.29, 1.82) is 0 Å². The molecule has 0 aromatic rings. The summed E-state index contributed by atoms with van der Waals surface area (Å²) in [4.78, 5) is 0. The predicted octanol–water partition coefficient (Wildman–Crippen LogP) is 4.54. The summed E-state index contributed by atoms with van der Waals surface area (Å²) < 4.78 is 24.3. The van der Waals surface area contributed by atoms with E-state index in [2.05, 4.69) is 26.0 Å². The maximum Gasteiger partial charge on any atom is 0.146 e. The van der Waals surface area contributed by atoms with Crippen LogP contribution in [0.4, 0.5) is 0 Å². The standard InChI is InChI=1S/C23H38Cl2O4Si2/c1-13(28-30)22(5,6)26-19-15(9-11-17(19)24)21(3,4)16-10-12-18(25)20(16)27-23(7,8)14(2)29-31/h9-10,13-14H,11-12H2,1-8,30-31H3. The molecule has 0 bridgehead atoms. The monoisotopic (exact) mass is 504 g/mol. The second-order valence-corrected chi connectivity index (χ2v) is 11.8. The van der Waals surface area contributed by atoms with Crippen LogP contribution in [0.15, 0.2) is 44.9 Å². The SMILES string of the molecule is CC(O[SiH3])C(C)(C)OC1=C(Cl)CC=C1C(C)(C)C1=CCC(Cl)=C1OC(C)(C)C(C)O[SiH3]. The second kappa shape index (κ2) is 9.78. The van der Waals surface area contributed by atoms with E-state index >= 15 is 0 Å². The summed E-state index contributed by atoms with van der Waals surface area (Å²) in [6.07, 6.45) is 5.53. The van der Waals surface area contributed by atoms with Gasteiger partial charge in [0.1, 0.15) is 43.7 Å². The molecular weight excluding hydrogens is 467 g/mol. The lowest BCUT2D eigenvalue weighted by molar-refractivity contribution is -0.0481. The maximum atomic E-state index is 6.64. The third kappa shape index (κ3) is 5.53. The smallest absolute Gasteiger partial charge is 0.146 e. The molecule has 0 amide bonds. The number of rotatable bonds is 10. The van der Waals surface area contributed by atoms with Gasteiger partial charge >= 0.3 is 0 Å². The molecule has 0 aromatic carbocycles. The minimum atomic E-state index is -0.507. The highest BCUT2D eigenvalue weighted by molar-refractivity contribution is 6.31. The Morgan fingerprint density at radius 1 is 0.742 bits per heavy atom. The summed E-state index contributed by atoms with van der Waals surface area (Å²) in [7, 11) is 1.30. The van der Waals surface area contributed by atoms with Crippen LogP contribution in [-0.2, 0) is 18.3 Å². The summed E-state index contributed by atoms with van der Waals surface area (Å²) in [5.41, 5.74) is 0.686. The van der Waals surface area contributed by atoms with Gasteiger partial charge in [0, 0.05) is 29.4 Å². The van der Waals surface area contributed by atoms with Gasteiger partial charge in [-0.3, -0.25) is 0 Å². The predicted molar refractivity (Wildman–Crippen MR) is 136 cm³/mol. The Morgan fingerprint density at radius 3 is 1.35 bits per heavy atom.